The highest BCUT2D eigenvalue weighted by Gasteiger charge is 2.44. The maximum atomic E-state index is 13.3. The molecular formula is C83H161NO10. The first-order valence-electron chi connectivity index (χ1n) is 41.7. The van der Waals surface area contributed by atoms with Crippen molar-refractivity contribution in [2.24, 2.45) is 0 Å². The Kier molecular flexibility index (Phi) is 68.8. The Morgan fingerprint density at radius 3 is 0.915 bits per heavy atom. The Balaban J connectivity index is 2.11. The second kappa shape index (κ2) is 71.4. The average Bonchev–Trinajstić information content (AvgIpc) is 0.844. The predicted molar refractivity (Wildman–Crippen MR) is 399 cm³/mol. The number of nitrogens with one attached hydrogen (secondary N) is 1. The highest BCUT2D eigenvalue weighted by atomic mass is 16.7. The van der Waals surface area contributed by atoms with Gasteiger partial charge in [0.05, 0.1) is 25.4 Å². The summed E-state index contributed by atoms with van der Waals surface area (Å²) in [5.74, 6) is -0.698. The molecule has 0 aromatic rings. The van der Waals surface area contributed by atoms with Gasteiger partial charge in [0.1, 0.15) is 36.6 Å². The molecule has 94 heavy (non-hydrogen) atoms. The molecule has 1 fully saturated rings. The van der Waals surface area contributed by atoms with Crippen molar-refractivity contribution >= 4 is 5.91 Å². The van der Waals surface area contributed by atoms with Crippen molar-refractivity contribution in [3.63, 3.8) is 0 Å². The van der Waals surface area contributed by atoms with E-state index in [2.05, 4.69) is 43.5 Å². The molecule has 558 valence electrons. The number of aliphatic hydroxyl groups is 7. The van der Waals surface area contributed by atoms with E-state index in [4.69, 9.17) is 9.47 Å². The zero-order valence-electron chi connectivity index (χ0n) is 62.2. The van der Waals surface area contributed by atoms with Gasteiger partial charge >= 0.3 is 0 Å². The van der Waals surface area contributed by atoms with Crippen molar-refractivity contribution in [2.45, 2.75) is 486 Å². The molecule has 1 rings (SSSR count). The summed E-state index contributed by atoms with van der Waals surface area (Å²) in [6, 6.07) is -1.19. The van der Waals surface area contributed by atoms with E-state index in [1.54, 1.807) is 0 Å². The average molecular weight is 1330 g/mol. The smallest absolute Gasteiger partial charge is 0.249 e. The summed E-state index contributed by atoms with van der Waals surface area (Å²) >= 11 is 0. The standard InChI is InChI=1S/C83H161NO10/c1-3-5-7-9-11-13-15-17-19-21-23-25-27-29-31-33-34-35-36-37-38-39-40-41-43-45-47-49-51-53-55-57-59-61-63-65-67-69-71-76(87)82(92)84-74(73-93-83-81(91)80(90)79(89)77(72-85)94-83)78(88)75(86)70-68-66-64-62-60-58-56-54-52-50-48-46-44-42-32-30-28-26-24-22-20-18-16-14-12-10-8-6-4-2/h37-38,62,64,74-81,83,85-91H,3-36,39-61,63,65-73H2,1-2H3,(H,84,92)/b38-37-,64-62+. The largest absolute Gasteiger partial charge is 0.394 e. The molecule has 0 radical (unpaired) electrons. The quantitative estimate of drug-likeness (QED) is 0.0215. The zero-order chi connectivity index (χ0) is 68.1. The maximum Gasteiger partial charge on any atom is 0.249 e. The van der Waals surface area contributed by atoms with Crippen LogP contribution in [0.4, 0.5) is 0 Å². The topological polar surface area (TPSA) is 189 Å². The molecule has 0 bridgehead atoms. The monoisotopic (exact) mass is 1330 g/mol. The second-order valence-corrected chi connectivity index (χ2v) is 29.5. The van der Waals surface area contributed by atoms with Crippen LogP contribution >= 0.6 is 0 Å². The number of hydrogen-bond donors (Lipinski definition) is 8. The molecule has 1 saturated heterocycles. The predicted octanol–water partition coefficient (Wildman–Crippen LogP) is 21.9. The van der Waals surface area contributed by atoms with Crippen LogP contribution in [0.2, 0.25) is 0 Å². The zero-order valence-corrected chi connectivity index (χ0v) is 62.2. The first-order valence-corrected chi connectivity index (χ1v) is 41.7. The van der Waals surface area contributed by atoms with E-state index in [1.165, 1.54) is 353 Å². The number of unbranched alkanes of at least 4 members (excludes halogenated alkanes) is 59. The number of amides is 1. The van der Waals surface area contributed by atoms with Gasteiger partial charge in [-0.15, -0.1) is 0 Å². The van der Waals surface area contributed by atoms with Crippen molar-refractivity contribution in [3.8, 4) is 0 Å². The summed E-state index contributed by atoms with van der Waals surface area (Å²) in [6.07, 6.45) is 81.8. The number of hydrogen-bond acceptors (Lipinski definition) is 10. The molecule has 8 N–H and O–H groups in total. The second-order valence-electron chi connectivity index (χ2n) is 29.5. The summed E-state index contributed by atoms with van der Waals surface area (Å²) in [7, 11) is 0. The van der Waals surface area contributed by atoms with Crippen LogP contribution in [-0.2, 0) is 14.3 Å². The van der Waals surface area contributed by atoms with Gasteiger partial charge in [-0.3, -0.25) is 4.79 Å². The molecule has 0 aliphatic carbocycles. The van der Waals surface area contributed by atoms with Gasteiger partial charge in [0.15, 0.2) is 6.29 Å². The summed E-state index contributed by atoms with van der Waals surface area (Å²) in [5.41, 5.74) is 0. The first kappa shape index (κ1) is 90.6. The van der Waals surface area contributed by atoms with Gasteiger partial charge in [-0.05, 0) is 64.2 Å². The Labute approximate surface area is 582 Å². The third kappa shape index (κ3) is 57.4. The third-order valence-electron chi connectivity index (χ3n) is 20.5. The van der Waals surface area contributed by atoms with Crippen molar-refractivity contribution in [1.29, 1.82) is 0 Å². The lowest BCUT2D eigenvalue weighted by Gasteiger charge is -2.40. The molecule has 0 aromatic heterocycles. The van der Waals surface area contributed by atoms with Crippen LogP contribution in [-0.4, -0.2) is 110 Å². The molecule has 1 amide bonds. The lowest BCUT2D eigenvalue weighted by atomic mass is 9.98. The van der Waals surface area contributed by atoms with Crippen molar-refractivity contribution in [2.75, 3.05) is 13.2 Å². The number of aliphatic hydroxyl groups excluding tert-OH is 7. The van der Waals surface area contributed by atoms with Gasteiger partial charge in [0.25, 0.3) is 0 Å². The highest BCUT2D eigenvalue weighted by Crippen LogP contribution is 2.25. The van der Waals surface area contributed by atoms with Gasteiger partial charge in [-0.25, -0.2) is 0 Å². The van der Waals surface area contributed by atoms with Crippen LogP contribution in [0.25, 0.3) is 0 Å². The van der Waals surface area contributed by atoms with E-state index in [9.17, 15) is 40.5 Å². The van der Waals surface area contributed by atoms with E-state index in [-0.39, 0.29) is 12.8 Å². The van der Waals surface area contributed by atoms with E-state index in [0.29, 0.717) is 12.8 Å². The fraction of sp³-hybridized carbons (Fsp3) is 0.940. The van der Waals surface area contributed by atoms with Crippen molar-refractivity contribution < 1.29 is 50.0 Å². The number of carbonyl (C=O) groups excluding carboxylic acids is 1. The minimum absolute atomic E-state index is 0.258. The molecule has 0 spiro atoms. The van der Waals surface area contributed by atoms with Crippen LogP contribution in [0.1, 0.15) is 431 Å². The van der Waals surface area contributed by atoms with Crippen LogP contribution in [0.15, 0.2) is 24.3 Å². The number of rotatable bonds is 75. The minimum Gasteiger partial charge on any atom is -0.394 e. The molecule has 0 saturated carbocycles. The summed E-state index contributed by atoms with van der Waals surface area (Å²) in [5, 5.41) is 76.7. The highest BCUT2D eigenvalue weighted by molar-refractivity contribution is 5.80. The van der Waals surface area contributed by atoms with Crippen LogP contribution < -0.4 is 5.32 Å². The molecule has 1 heterocycles. The normalized spacial score (nSPS) is 18.2. The molecule has 1 aliphatic heterocycles. The lowest BCUT2D eigenvalue weighted by Crippen LogP contribution is -2.60. The lowest BCUT2D eigenvalue weighted by molar-refractivity contribution is -0.303. The van der Waals surface area contributed by atoms with E-state index < -0.39 is 74.2 Å². The first-order chi connectivity index (χ1) is 46.2. The number of ether oxygens (including phenoxy) is 2. The Bertz CT molecular complexity index is 1580. The van der Waals surface area contributed by atoms with E-state index in [1.807, 2.05) is 0 Å². The molecule has 11 nitrogen and oxygen atoms in total. The molecule has 9 unspecified atom stereocenters. The van der Waals surface area contributed by atoms with Crippen molar-refractivity contribution in [3.05, 3.63) is 24.3 Å². The molecular weight excluding hydrogens is 1170 g/mol. The van der Waals surface area contributed by atoms with Gasteiger partial charge in [-0.2, -0.15) is 0 Å². The molecule has 0 aromatic carbocycles. The van der Waals surface area contributed by atoms with Gasteiger partial charge in [0.2, 0.25) is 5.91 Å². The summed E-state index contributed by atoms with van der Waals surface area (Å²) < 4.78 is 11.2. The Morgan fingerprint density at radius 2 is 0.628 bits per heavy atom. The SMILES string of the molecule is CCCCCCCCCCCCCCCCCCCC/C=C\CCCCCCCCCCCCCCCCCCC(O)C(=O)NC(COC1OC(CO)C(O)C(O)C1O)C(O)C(O)CCC/C=C/CCCCCCCCCCCCCCCCCCCCCCCCCC. The van der Waals surface area contributed by atoms with Gasteiger partial charge in [-0.1, -0.05) is 391 Å². The summed E-state index contributed by atoms with van der Waals surface area (Å²) in [4.78, 5) is 13.3. The fourth-order valence-corrected chi connectivity index (χ4v) is 13.9. The maximum absolute atomic E-state index is 13.3. The van der Waals surface area contributed by atoms with Crippen molar-refractivity contribution in [1.82, 2.24) is 5.32 Å². The van der Waals surface area contributed by atoms with Crippen LogP contribution in [0.5, 0.6) is 0 Å². The number of carbonyl (C=O) groups is 1. The minimum atomic E-state index is -1.67. The fourth-order valence-electron chi connectivity index (χ4n) is 13.9. The Morgan fingerprint density at radius 1 is 0.362 bits per heavy atom. The van der Waals surface area contributed by atoms with Crippen LogP contribution in [0.3, 0.4) is 0 Å². The van der Waals surface area contributed by atoms with Crippen LogP contribution in [0, 0.1) is 0 Å². The Hall–Kier alpha value is -1.41. The molecule has 9 atom stereocenters. The van der Waals surface area contributed by atoms with Gasteiger partial charge < -0.3 is 50.5 Å². The van der Waals surface area contributed by atoms with E-state index >= 15 is 0 Å². The number of allylic oxidation sites excluding steroid dienone is 4. The third-order valence-corrected chi connectivity index (χ3v) is 20.5. The molecule has 11 heteroatoms. The molecule has 1 aliphatic rings. The summed E-state index contributed by atoms with van der Waals surface area (Å²) in [6.45, 7) is 3.52. The van der Waals surface area contributed by atoms with E-state index in [0.717, 1.165) is 38.5 Å². The van der Waals surface area contributed by atoms with Gasteiger partial charge in [0, 0.05) is 0 Å².